The van der Waals surface area contributed by atoms with Gasteiger partial charge < -0.3 is 0 Å². The molecule has 0 amide bonds. The minimum Gasteiger partial charge on any atom is -0.268 e. The van der Waals surface area contributed by atoms with Crippen LogP contribution in [0.25, 0.3) is 32.9 Å². The minimum atomic E-state index is -2.59. The first-order valence-corrected chi connectivity index (χ1v) is 9.70. The third-order valence-corrected chi connectivity index (χ3v) is 5.71. The molecule has 6 nitrogen and oxygen atoms in total. The van der Waals surface area contributed by atoms with Gasteiger partial charge in [-0.3, -0.25) is 19.2 Å². The van der Waals surface area contributed by atoms with E-state index in [1.54, 1.807) is 0 Å². The lowest BCUT2D eigenvalue weighted by Crippen LogP contribution is -2.27. The number of hydrogen-bond acceptors (Lipinski definition) is 4. The van der Waals surface area contributed by atoms with Gasteiger partial charge in [-0.15, -0.1) is 0 Å². The molecule has 0 aliphatic heterocycles. The number of benzene rings is 3. The van der Waals surface area contributed by atoms with Crippen LogP contribution in [0, 0.1) is 58.2 Å². The fourth-order valence-corrected chi connectivity index (χ4v) is 3.96. The quantitative estimate of drug-likeness (QED) is 0.193. The Morgan fingerprint density at radius 1 is 0.342 bits per heavy atom. The monoisotopic (exact) mass is 548 g/mol. The van der Waals surface area contributed by atoms with Crippen molar-refractivity contribution in [3.8, 4) is 11.4 Å². The standard InChI is InChI=1S/C22H2F10N2O4/c23-7-9(25)13(29)17(14(30)10(7)26)33-19(35)3-1-4-6(2-5(3)21(33)37)22(38)34(20(4)36)18-15(31)11(27)8(24)12(28)16(18)32/h1-2H. The molecular weight excluding hydrogens is 546 g/mol. The zero-order valence-corrected chi connectivity index (χ0v) is 17.5. The zero-order chi connectivity index (χ0) is 28.1. The van der Waals surface area contributed by atoms with Gasteiger partial charge in [-0.1, -0.05) is 0 Å². The topological polar surface area (TPSA) is 78.1 Å². The fraction of sp³-hybridized carbons (Fsp3) is 0. The van der Waals surface area contributed by atoms with Crippen LogP contribution in [0.4, 0.5) is 43.9 Å². The van der Waals surface area contributed by atoms with Crippen molar-refractivity contribution in [1.82, 2.24) is 9.13 Å². The van der Waals surface area contributed by atoms with E-state index in [1.807, 2.05) is 0 Å². The summed E-state index contributed by atoms with van der Waals surface area (Å²) in [5.41, 5.74) is -10.9. The molecule has 16 heteroatoms. The summed E-state index contributed by atoms with van der Waals surface area (Å²) in [7, 11) is 0. The average molecular weight is 548 g/mol. The predicted molar refractivity (Wildman–Crippen MR) is 107 cm³/mol. The van der Waals surface area contributed by atoms with Gasteiger partial charge in [0, 0.05) is 0 Å². The Morgan fingerprint density at radius 2 is 0.526 bits per heavy atom. The van der Waals surface area contributed by atoms with E-state index < -0.39 is 122 Å². The van der Waals surface area contributed by atoms with Gasteiger partial charge in [0.15, 0.2) is 46.5 Å². The van der Waals surface area contributed by atoms with E-state index in [4.69, 9.17) is 0 Å². The Kier molecular flexibility index (Phi) is 5.16. The highest BCUT2D eigenvalue weighted by atomic mass is 19.2. The van der Waals surface area contributed by atoms with E-state index in [2.05, 4.69) is 0 Å². The van der Waals surface area contributed by atoms with Gasteiger partial charge in [0.25, 0.3) is 22.2 Å². The molecule has 0 aliphatic carbocycles. The van der Waals surface area contributed by atoms with Gasteiger partial charge in [-0.05, 0) is 12.1 Å². The maximum absolute atomic E-state index is 14.3. The van der Waals surface area contributed by atoms with Crippen molar-refractivity contribution in [2.75, 3.05) is 0 Å². The molecule has 0 saturated carbocycles. The number of nitrogens with zero attached hydrogens (tertiary/aromatic N) is 2. The maximum atomic E-state index is 14.3. The summed E-state index contributed by atoms with van der Waals surface area (Å²) in [6, 6.07) is 0.840. The van der Waals surface area contributed by atoms with Gasteiger partial charge >= 0.3 is 0 Å². The molecule has 194 valence electrons. The van der Waals surface area contributed by atoms with Crippen LogP contribution in [0.5, 0.6) is 0 Å². The van der Waals surface area contributed by atoms with E-state index in [-0.39, 0.29) is 0 Å². The maximum Gasteiger partial charge on any atom is 0.266 e. The lowest BCUT2D eigenvalue weighted by molar-refractivity contribution is 0.375. The molecule has 2 aromatic heterocycles. The Labute approximate surface area is 198 Å². The minimum absolute atomic E-state index is 0.420. The molecule has 3 aromatic carbocycles. The van der Waals surface area contributed by atoms with Crippen molar-refractivity contribution in [2.45, 2.75) is 0 Å². The van der Waals surface area contributed by atoms with Crippen LogP contribution in [0.1, 0.15) is 0 Å². The highest BCUT2D eigenvalue weighted by Gasteiger charge is 2.32. The number of hydrogen-bond donors (Lipinski definition) is 0. The fourth-order valence-electron chi connectivity index (χ4n) is 3.96. The molecular formula is C22H2F10N2O4. The Morgan fingerprint density at radius 3 is 0.737 bits per heavy atom. The van der Waals surface area contributed by atoms with Crippen LogP contribution in [0.3, 0.4) is 0 Å². The van der Waals surface area contributed by atoms with Crippen LogP contribution in [-0.2, 0) is 0 Å². The average Bonchev–Trinajstić information content (AvgIpc) is 3.28. The highest BCUT2D eigenvalue weighted by molar-refractivity contribution is 5.98. The van der Waals surface area contributed by atoms with Gasteiger partial charge in [0.05, 0.1) is 21.5 Å². The molecule has 0 atom stereocenters. The summed E-state index contributed by atoms with van der Waals surface area (Å²) in [5, 5.41) is -3.67. The predicted octanol–water partition coefficient (Wildman–Crippen LogP) is 3.28. The SMILES string of the molecule is O=c1c2cc3c(=O)n(-c4c(F)c(F)c(F)c(F)c4F)c(=O)c3cc2c(=O)n1-c1c(F)c(F)c(F)c(F)c1F. The van der Waals surface area contributed by atoms with E-state index in [0.717, 1.165) is 0 Å². The van der Waals surface area contributed by atoms with Crippen LogP contribution in [0.15, 0.2) is 31.3 Å². The van der Waals surface area contributed by atoms with Gasteiger partial charge in [0.2, 0.25) is 11.6 Å². The number of rotatable bonds is 2. The van der Waals surface area contributed by atoms with Crippen molar-refractivity contribution in [2.24, 2.45) is 0 Å². The lowest BCUT2D eigenvalue weighted by atomic mass is 10.1. The van der Waals surface area contributed by atoms with Crippen LogP contribution < -0.4 is 22.2 Å². The first-order chi connectivity index (χ1) is 17.7. The second-order valence-electron chi connectivity index (χ2n) is 7.67. The van der Waals surface area contributed by atoms with Crippen molar-refractivity contribution in [3.63, 3.8) is 0 Å². The molecule has 0 fully saturated rings. The second kappa shape index (κ2) is 7.87. The van der Waals surface area contributed by atoms with Crippen LogP contribution >= 0.6 is 0 Å². The summed E-state index contributed by atoms with van der Waals surface area (Å²) in [6.07, 6.45) is 0. The largest absolute Gasteiger partial charge is 0.268 e. The van der Waals surface area contributed by atoms with Crippen LogP contribution in [0.2, 0.25) is 0 Å². The number of aromatic nitrogens is 2. The third kappa shape index (κ3) is 2.90. The molecule has 38 heavy (non-hydrogen) atoms. The summed E-state index contributed by atoms with van der Waals surface area (Å²) in [6.45, 7) is 0. The van der Waals surface area contributed by atoms with E-state index in [1.165, 1.54) is 0 Å². The summed E-state index contributed by atoms with van der Waals surface area (Å²) in [5.74, 6) is -25.4. The van der Waals surface area contributed by atoms with Crippen molar-refractivity contribution < 1.29 is 43.9 Å². The molecule has 0 saturated heterocycles. The smallest absolute Gasteiger partial charge is 0.266 e. The number of fused-ring (bicyclic) bond motifs is 2. The molecule has 0 aliphatic rings. The molecule has 0 radical (unpaired) electrons. The molecule has 0 N–H and O–H groups in total. The lowest BCUT2D eigenvalue weighted by Gasteiger charge is -2.07. The molecule has 0 bridgehead atoms. The first kappa shape index (κ1) is 24.9. The molecule has 5 aromatic rings. The summed E-state index contributed by atoms with van der Waals surface area (Å²) in [4.78, 5) is 51.0. The van der Waals surface area contributed by atoms with E-state index >= 15 is 0 Å². The normalized spacial score (nSPS) is 11.8. The van der Waals surface area contributed by atoms with E-state index in [9.17, 15) is 63.1 Å². The van der Waals surface area contributed by atoms with Crippen LogP contribution in [-0.4, -0.2) is 9.13 Å². The Balaban J connectivity index is 1.90. The van der Waals surface area contributed by atoms with Gasteiger partial charge in [-0.25, -0.2) is 53.0 Å². The van der Waals surface area contributed by atoms with Gasteiger partial charge in [-0.2, -0.15) is 0 Å². The first-order valence-electron chi connectivity index (χ1n) is 9.70. The number of halogens is 10. The third-order valence-electron chi connectivity index (χ3n) is 5.71. The molecule has 5 rings (SSSR count). The van der Waals surface area contributed by atoms with Gasteiger partial charge in [0.1, 0.15) is 11.4 Å². The van der Waals surface area contributed by atoms with E-state index in [0.29, 0.717) is 12.1 Å². The summed E-state index contributed by atoms with van der Waals surface area (Å²) < 4.78 is 137. The highest BCUT2D eigenvalue weighted by Crippen LogP contribution is 2.27. The van der Waals surface area contributed by atoms with Crippen molar-refractivity contribution >= 4 is 21.5 Å². The zero-order valence-electron chi connectivity index (χ0n) is 17.5. The molecule has 2 heterocycles. The summed E-state index contributed by atoms with van der Waals surface area (Å²) >= 11 is 0. The second-order valence-corrected chi connectivity index (χ2v) is 7.67. The Hall–Kier alpha value is -4.76. The Bertz CT molecular complexity index is 1840. The van der Waals surface area contributed by atoms with Crippen molar-refractivity contribution in [1.29, 1.82) is 0 Å². The molecule has 0 spiro atoms. The molecule has 0 unspecified atom stereocenters. The van der Waals surface area contributed by atoms with Crippen molar-refractivity contribution in [3.05, 3.63) is 112 Å².